The lowest BCUT2D eigenvalue weighted by Gasteiger charge is -2.36. The van der Waals surface area contributed by atoms with Crippen LogP contribution in [0.15, 0.2) is 0 Å². The van der Waals surface area contributed by atoms with E-state index in [9.17, 15) is 13.2 Å². The minimum absolute atomic E-state index is 0.0375. The standard InChI is InChI=1S/C9H16F3N3/c1-6(8(13)14)15-4-2-3-7(5-15)9(10,11)12/h6-7H,2-5H2,1H3,(H3,13,14). The van der Waals surface area contributed by atoms with Crippen LogP contribution in [0.1, 0.15) is 19.8 Å². The van der Waals surface area contributed by atoms with E-state index in [1.807, 2.05) is 0 Å². The molecule has 6 heteroatoms. The molecule has 0 bridgehead atoms. The summed E-state index contributed by atoms with van der Waals surface area (Å²) in [6.45, 7) is 2.22. The van der Waals surface area contributed by atoms with Crippen molar-refractivity contribution in [2.24, 2.45) is 11.7 Å². The van der Waals surface area contributed by atoms with Gasteiger partial charge in [-0.3, -0.25) is 10.3 Å². The molecule has 3 N–H and O–H groups in total. The van der Waals surface area contributed by atoms with E-state index in [0.29, 0.717) is 13.0 Å². The van der Waals surface area contributed by atoms with Gasteiger partial charge in [0.05, 0.1) is 12.0 Å². The molecule has 0 aromatic rings. The van der Waals surface area contributed by atoms with Crippen molar-refractivity contribution in [1.82, 2.24) is 4.90 Å². The highest BCUT2D eigenvalue weighted by atomic mass is 19.4. The van der Waals surface area contributed by atoms with E-state index in [0.717, 1.165) is 0 Å². The topological polar surface area (TPSA) is 53.1 Å². The molecule has 1 saturated heterocycles. The Morgan fingerprint density at radius 3 is 2.60 bits per heavy atom. The van der Waals surface area contributed by atoms with Gasteiger partial charge < -0.3 is 5.73 Å². The maximum Gasteiger partial charge on any atom is 0.393 e. The number of halogens is 3. The molecule has 0 spiro atoms. The van der Waals surface area contributed by atoms with Crippen molar-refractivity contribution in [2.45, 2.75) is 32.0 Å². The number of likely N-dealkylation sites (tertiary alicyclic amines) is 1. The highest BCUT2D eigenvalue weighted by Crippen LogP contribution is 2.33. The molecule has 1 fully saturated rings. The van der Waals surface area contributed by atoms with E-state index < -0.39 is 18.1 Å². The molecule has 0 saturated carbocycles. The van der Waals surface area contributed by atoms with Crippen LogP contribution in [0.25, 0.3) is 0 Å². The number of nitrogens with one attached hydrogen (secondary N) is 1. The molecular weight excluding hydrogens is 207 g/mol. The lowest BCUT2D eigenvalue weighted by Crippen LogP contribution is -2.49. The monoisotopic (exact) mass is 223 g/mol. The molecule has 0 aromatic carbocycles. The average molecular weight is 223 g/mol. The zero-order valence-electron chi connectivity index (χ0n) is 8.64. The third kappa shape index (κ3) is 3.09. The van der Waals surface area contributed by atoms with E-state index in [1.54, 1.807) is 11.8 Å². The third-order valence-corrected chi connectivity index (χ3v) is 2.91. The highest BCUT2D eigenvalue weighted by Gasteiger charge is 2.42. The lowest BCUT2D eigenvalue weighted by molar-refractivity contribution is -0.187. The van der Waals surface area contributed by atoms with Crippen LogP contribution in [0.2, 0.25) is 0 Å². The average Bonchev–Trinajstić information content (AvgIpc) is 2.15. The summed E-state index contributed by atoms with van der Waals surface area (Å²) in [5, 5.41) is 7.21. The Hall–Kier alpha value is -0.780. The van der Waals surface area contributed by atoms with E-state index >= 15 is 0 Å². The zero-order valence-corrected chi connectivity index (χ0v) is 8.64. The first-order valence-electron chi connectivity index (χ1n) is 4.97. The summed E-state index contributed by atoms with van der Waals surface area (Å²) in [4.78, 5) is 1.63. The molecule has 2 atom stereocenters. The van der Waals surface area contributed by atoms with Gasteiger partial charge in [0.1, 0.15) is 5.84 Å². The van der Waals surface area contributed by atoms with Crippen molar-refractivity contribution >= 4 is 5.84 Å². The minimum atomic E-state index is -4.13. The summed E-state index contributed by atoms with van der Waals surface area (Å²) in [5.74, 6) is -1.34. The van der Waals surface area contributed by atoms with E-state index in [4.69, 9.17) is 11.1 Å². The fourth-order valence-corrected chi connectivity index (χ4v) is 1.82. The quantitative estimate of drug-likeness (QED) is 0.551. The van der Waals surface area contributed by atoms with Crippen molar-refractivity contribution in [3.63, 3.8) is 0 Å². The van der Waals surface area contributed by atoms with Crippen molar-refractivity contribution in [3.05, 3.63) is 0 Å². The number of amidine groups is 1. The SMILES string of the molecule is CC(C(=N)N)N1CCCC(C(F)(F)F)C1. The largest absolute Gasteiger partial charge is 0.393 e. The maximum atomic E-state index is 12.5. The summed E-state index contributed by atoms with van der Waals surface area (Å²) in [7, 11) is 0. The number of piperidine rings is 1. The van der Waals surface area contributed by atoms with Gasteiger partial charge in [0.25, 0.3) is 0 Å². The van der Waals surface area contributed by atoms with Gasteiger partial charge in [-0.1, -0.05) is 0 Å². The minimum Gasteiger partial charge on any atom is -0.386 e. The number of nitrogens with two attached hydrogens (primary N) is 1. The molecule has 2 unspecified atom stereocenters. The molecule has 0 aliphatic carbocycles. The van der Waals surface area contributed by atoms with Crippen LogP contribution in [0.4, 0.5) is 13.2 Å². The summed E-state index contributed by atoms with van der Waals surface area (Å²) in [5.41, 5.74) is 5.28. The van der Waals surface area contributed by atoms with Gasteiger partial charge in [-0.05, 0) is 26.3 Å². The van der Waals surface area contributed by atoms with Crippen LogP contribution in [-0.4, -0.2) is 36.0 Å². The fourth-order valence-electron chi connectivity index (χ4n) is 1.82. The first-order chi connectivity index (χ1) is 6.82. The Balaban J connectivity index is 2.60. The molecule has 1 heterocycles. The number of nitrogens with zero attached hydrogens (tertiary/aromatic N) is 1. The van der Waals surface area contributed by atoms with E-state index in [2.05, 4.69) is 0 Å². The molecule has 1 rings (SSSR count). The second-order valence-electron chi connectivity index (χ2n) is 4.01. The van der Waals surface area contributed by atoms with Crippen LogP contribution in [0, 0.1) is 11.3 Å². The summed E-state index contributed by atoms with van der Waals surface area (Å²) >= 11 is 0. The lowest BCUT2D eigenvalue weighted by atomic mass is 9.96. The first kappa shape index (κ1) is 12.3. The molecule has 88 valence electrons. The van der Waals surface area contributed by atoms with Crippen molar-refractivity contribution in [2.75, 3.05) is 13.1 Å². The molecule has 3 nitrogen and oxygen atoms in total. The third-order valence-electron chi connectivity index (χ3n) is 2.91. The predicted octanol–water partition coefficient (Wildman–Crippen LogP) is 1.59. The molecule has 0 radical (unpaired) electrons. The maximum absolute atomic E-state index is 12.5. The number of rotatable bonds is 2. The predicted molar refractivity (Wildman–Crippen MR) is 51.7 cm³/mol. The summed E-state index contributed by atoms with van der Waals surface area (Å²) < 4.78 is 37.4. The molecule has 0 aromatic heterocycles. The van der Waals surface area contributed by atoms with Gasteiger partial charge in [-0.15, -0.1) is 0 Å². The summed E-state index contributed by atoms with van der Waals surface area (Å²) in [6, 6.07) is -0.393. The van der Waals surface area contributed by atoms with Gasteiger partial charge in [-0.2, -0.15) is 13.2 Å². The number of alkyl halides is 3. The van der Waals surface area contributed by atoms with Crippen LogP contribution in [0.5, 0.6) is 0 Å². The molecule has 1 aliphatic heterocycles. The van der Waals surface area contributed by atoms with E-state index in [-0.39, 0.29) is 18.8 Å². The Kier molecular flexibility index (Phi) is 3.59. The molecule has 0 amide bonds. The van der Waals surface area contributed by atoms with Crippen molar-refractivity contribution in [1.29, 1.82) is 5.41 Å². The Labute approximate surface area is 86.9 Å². The Bertz CT molecular complexity index is 239. The highest BCUT2D eigenvalue weighted by molar-refractivity contribution is 5.82. The number of hydrogen-bond acceptors (Lipinski definition) is 2. The van der Waals surface area contributed by atoms with Gasteiger partial charge in [0, 0.05) is 6.54 Å². The molecule has 15 heavy (non-hydrogen) atoms. The molecular formula is C9H16F3N3. The van der Waals surface area contributed by atoms with Crippen LogP contribution >= 0.6 is 0 Å². The van der Waals surface area contributed by atoms with Gasteiger partial charge in [0.15, 0.2) is 0 Å². The van der Waals surface area contributed by atoms with Crippen LogP contribution in [0.3, 0.4) is 0 Å². The van der Waals surface area contributed by atoms with Crippen molar-refractivity contribution in [3.8, 4) is 0 Å². The Morgan fingerprint density at radius 1 is 1.53 bits per heavy atom. The fraction of sp³-hybridized carbons (Fsp3) is 0.889. The van der Waals surface area contributed by atoms with Crippen LogP contribution < -0.4 is 5.73 Å². The van der Waals surface area contributed by atoms with Gasteiger partial charge >= 0.3 is 6.18 Å². The van der Waals surface area contributed by atoms with Crippen molar-refractivity contribution < 1.29 is 13.2 Å². The first-order valence-corrected chi connectivity index (χ1v) is 4.97. The summed E-state index contributed by atoms with van der Waals surface area (Å²) in [6.07, 6.45) is -3.43. The molecule has 1 aliphatic rings. The number of hydrogen-bond donors (Lipinski definition) is 2. The normalized spacial score (nSPS) is 26.3. The smallest absolute Gasteiger partial charge is 0.386 e. The van der Waals surface area contributed by atoms with Crippen LogP contribution in [-0.2, 0) is 0 Å². The van der Waals surface area contributed by atoms with Gasteiger partial charge in [0.2, 0.25) is 0 Å². The van der Waals surface area contributed by atoms with E-state index in [1.165, 1.54) is 0 Å². The zero-order chi connectivity index (χ0) is 11.6. The van der Waals surface area contributed by atoms with Gasteiger partial charge in [-0.25, -0.2) is 0 Å². The Morgan fingerprint density at radius 2 is 2.13 bits per heavy atom. The second kappa shape index (κ2) is 4.38. The second-order valence-corrected chi connectivity index (χ2v) is 4.01.